The molecule has 2 aliphatic heterocycles. The summed E-state index contributed by atoms with van der Waals surface area (Å²) < 4.78 is 6.63. The fourth-order valence-electron chi connectivity index (χ4n) is 5.08. The number of hydrogen-bond acceptors (Lipinski definition) is 2. The number of hydrogen-bond donors (Lipinski definition) is 0. The average Bonchev–Trinajstić information content (AvgIpc) is 2.79. The topological polar surface area (TPSA) is 12.5 Å². The first-order valence-corrected chi connectivity index (χ1v) is 13.5. The van der Waals surface area contributed by atoms with E-state index in [-0.39, 0.29) is 6.92 Å². The van der Waals surface area contributed by atoms with Gasteiger partial charge in [0.05, 0.1) is 5.75 Å². The van der Waals surface area contributed by atoms with Crippen LogP contribution in [0.1, 0.15) is 0 Å². The fourth-order valence-corrected chi connectivity index (χ4v) is 8.08. The van der Waals surface area contributed by atoms with Crippen molar-refractivity contribution in [3.8, 4) is 5.75 Å². The van der Waals surface area contributed by atoms with Gasteiger partial charge >= 0.3 is 6.92 Å². The van der Waals surface area contributed by atoms with Crippen LogP contribution < -0.4 is 30.9 Å². The van der Waals surface area contributed by atoms with Crippen LogP contribution in [0.3, 0.4) is 0 Å². The standard InChI is InChI=1S/C26H22BNOSi/c1-30(2)24-17-9-8-16-23(24)28-22-15-7-6-13-20(22)27(29-19-11-4-3-5-12-19)21-14-10-18-25(30)26(21)28/h3-18H,1-2H3. The van der Waals surface area contributed by atoms with Crippen LogP contribution >= 0.6 is 0 Å². The van der Waals surface area contributed by atoms with Gasteiger partial charge < -0.3 is 9.55 Å². The summed E-state index contributed by atoms with van der Waals surface area (Å²) in [6, 6.07) is 34.6. The first kappa shape index (κ1) is 17.6. The minimum atomic E-state index is -1.83. The summed E-state index contributed by atoms with van der Waals surface area (Å²) in [5.41, 5.74) is 6.33. The number of fused-ring (bicyclic) bond motifs is 4. The summed E-state index contributed by atoms with van der Waals surface area (Å²) in [5, 5.41) is 2.97. The molecule has 4 aromatic carbocycles. The molecule has 2 aliphatic rings. The van der Waals surface area contributed by atoms with Crippen molar-refractivity contribution < 1.29 is 4.65 Å². The minimum absolute atomic E-state index is 0.120. The van der Waals surface area contributed by atoms with Gasteiger partial charge in [-0.1, -0.05) is 85.9 Å². The largest absolute Gasteiger partial charge is 0.551 e. The van der Waals surface area contributed by atoms with Crippen molar-refractivity contribution in [2.75, 3.05) is 4.90 Å². The first-order chi connectivity index (χ1) is 14.7. The summed E-state index contributed by atoms with van der Waals surface area (Å²) in [5.74, 6) is 0.899. The fraction of sp³-hybridized carbons (Fsp3) is 0.0769. The van der Waals surface area contributed by atoms with Gasteiger partial charge in [-0.15, -0.1) is 0 Å². The smallest absolute Gasteiger partial charge is 0.430 e. The lowest BCUT2D eigenvalue weighted by Gasteiger charge is -2.45. The molecule has 0 spiro atoms. The third kappa shape index (κ3) is 2.37. The molecule has 0 N–H and O–H groups in total. The summed E-state index contributed by atoms with van der Waals surface area (Å²) in [6.07, 6.45) is 0. The van der Waals surface area contributed by atoms with Crippen molar-refractivity contribution in [2.45, 2.75) is 13.1 Å². The van der Waals surface area contributed by atoms with Crippen LogP contribution in [0, 0.1) is 0 Å². The molecule has 0 radical (unpaired) electrons. The van der Waals surface area contributed by atoms with Crippen LogP contribution in [0.25, 0.3) is 0 Å². The number of nitrogens with zero attached hydrogens (tertiary/aromatic N) is 1. The lowest BCUT2D eigenvalue weighted by atomic mass is 9.52. The van der Waals surface area contributed by atoms with E-state index < -0.39 is 8.07 Å². The summed E-state index contributed by atoms with van der Waals surface area (Å²) in [6.45, 7) is 4.81. The maximum atomic E-state index is 6.63. The quantitative estimate of drug-likeness (QED) is 0.473. The molecular formula is C26H22BNOSi. The number of benzene rings is 4. The van der Waals surface area contributed by atoms with Gasteiger partial charge in [-0.3, -0.25) is 0 Å². The van der Waals surface area contributed by atoms with E-state index in [9.17, 15) is 0 Å². The summed E-state index contributed by atoms with van der Waals surface area (Å²) in [7, 11) is -1.83. The van der Waals surface area contributed by atoms with Gasteiger partial charge in [0.25, 0.3) is 0 Å². The maximum Gasteiger partial charge on any atom is 0.430 e. The summed E-state index contributed by atoms with van der Waals surface area (Å²) >= 11 is 0. The van der Waals surface area contributed by atoms with Crippen molar-refractivity contribution in [2.24, 2.45) is 0 Å². The molecule has 6 rings (SSSR count). The Kier molecular flexibility index (Phi) is 3.74. The van der Waals surface area contributed by atoms with Gasteiger partial charge in [0.15, 0.2) is 0 Å². The maximum absolute atomic E-state index is 6.63. The van der Waals surface area contributed by atoms with Crippen LogP contribution in [0.4, 0.5) is 17.1 Å². The van der Waals surface area contributed by atoms with Gasteiger partial charge in [-0.2, -0.15) is 0 Å². The van der Waals surface area contributed by atoms with Crippen molar-refractivity contribution in [1.29, 1.82) is 0 Å². The van der Waals surface area contributed by atoms with E-state index in [2.05, 4.69) is 84.7 Å². The average molecular weight is 403 g/mol. The highest BCUT2D eigenvalue weighted by Crippen LogP contribution is 2.39. The molecule has 30 heavy (non-hydrogen) atoms. The van der Waals surface area contributed by atoms with Crippen LogP contribution in [-0.4, -0.2) is 15.0 Å². The zero-order chi connectivity index (χ0) is 20.3. The molecule has 0 aliphatic carbocycles. The second kappa shape index (κ2) is 6.38. The molecule has 144 valence electrons. The number of anilines is 3. The zero-order valence-electron chi connectivity index (χ0n) is 17.2. The molecule has 0 saturated carbocycles. The third-order valence-electron chi connectivity index (χ3n) is 6.52. The first-order valence-electron chi connectivity index (χ1n) is 10.5. The van der Waals surface area contributed by atoms with Crippen LogP contribution in [0.2, 0.25) is 13.1 Å². The Morgan fingerprint density at radius 3 is 2.10 bits per heavy atom. The van der Waals surface area contributed by atoms with E-state index in [0.717, 1.165) is 5.75 Å². The Morgan fingerprint density at radius 1 is 0.633 bits per heavy atom. The van der Waals surface area contributed by atoms with E-state index in [1.54, 1.807) is 0 Å². The van der Waals surface area contributed by atoms with E-state index in [0.29, 0.717) is 0 Å². The second-order valence-corrected chi connectivity index (χ2v) is 12.9. The Morgan fingerprint density at radius 2 is 1.27 bits per heavy atom. The van der Waals surface area contributed by atoms with Crippen LogP contribution in [-0.2, 0) is 0 Å². The molecule has 0 amide bonds. The normalized spacial score (nSPS) is 15.1. The Hall–Kier alpha value is -3.24. The van der Waals surface area contributed by atoms with Gasteiger partial charge in [-0.25, -0.2) is 0 Å². The molecule has 2 heterocycles. The van der Waals surface area contributed by atoms with Crippen molar-refractivity contribution in [1.82, 2.24) is 0 Å². The lowest BCUT2D eigenvalue weighted by molar-refractivity contribution is 0.591. The van der Waals surface area contributed by atoms with E-state index >= 15 is 0 Å². The summed E-state index contributed by atoms with van der Waals surface area (Å²) in [4.78, 5) is 2.47. The molecule has 4 heteroatoms. The predicted molar refractivity (Wildman–Crippen MR) is 130 cm³/mol. The molecule has 0 fully saturated rings. The number of rotatable bonds is 2. The molecule has 0 bridgehead atoms. The molecule has 0 atom stereocenters. The van der Waals surface area contributed by atoms with E-state index in [1.807, 2.05) is 30.3 Å². The van der Waals surface area contributed by atoms with Crippen LogP contribution in [0.5, 0.6) is 5.75 Å². The Balaban J connectivity index is 1.65. The van der Waals surface area contributed by atoms with Crippen molar-refractivity contribution in [3.63, 3.8) is 0 Å². The van der Waals surface area contributed by atoms with Gasteiger partial charge in [-0.05, 0) is 45.6 Å². The molecule has 4 aromatic rings. The highest BCUT2D eigenvalue weighted by Gasteiger charge is 2.45. The number of para-hydroxylation sites is 4. The predicted octanol–water partition coefficient (Wildman–Crippen LogP) is 3.79. The molecule has 0 saturated heterocycles. The molecule has 0 unspecified atom stereocenters. The molecular weight excluding hydrogens is 381 g/mol. The lowest BCUT2D eigenvalue weighted by Crippen LogP contribution is -2.64. The zero-order valence-corrected chi connectivity index (χ0v) is 18.2. The monoisotopic (exact) mass is 403 g/mol. The van der Waals surface area contributed by atoms with E-state index in [1.165, 1.54) is 38.4 Å². The van der Waals surface area contributed by atoms with Crippen molar-refractivity contribution >= 4 is 53.4 Å². The third-order valence-corrected chi connectivity index (χ3v) is 10.0. The Bertz CT molecular complexity index is 1270. The molecule has 2 nitrogen and oxygen atoms in total. The van der Waals surface area contributed by atoms with Crippen LogP contribution in [0.15, 0.2) is 97.1 Å². The highest BCUT2D eigenvalue weighted by atomic mass is 28.3. The SMILES string of the molecule is C[Si]1(C)c2ccccc2N2c3ccccc3B(Oc3ccccc3)c3cccc1c32. The van der Waals surface area contributed by atoms with Gasteiger partial charge in [0, 0.05) is 17.1 Å². The van der Waals surface area contributed by atoms with Crippen molar-refractivity contribution in [3.05, 3.63) is 97.1 Å². The van der Waals surface area contributed by atoms with Gasteiger partial charge in [0.2, 0.25) is 0 Å². The second-order valence-electron chi connectivity index (χ2n) is 8.59. The molecule has 0 aromatic heterocycles. The van der Waals surface area contributed by atoms with E-state index in [4.69, 9.17) is 4.65 Å². The minimum Gasteiger partial charge on any atom is -0.551 e. The van der Waals surface area contributed by atoms with Gasteiger partial charge in [0.1, 0.15) is 8.07 Å². The highest BCUT2D eigenvalue weighted by molar-refractivity contribution is 7.03. The Labute approximate surface area is 178 Å².